The third-order valence-corrected chi connectivity index (χ3v) is 8.75. The number of fused-ring (bicyclic) bond motifs is 1. The van der Waals surface area contributed by atoms with Crippen molar-refractivity contribution in [3.63, 3.8) is 0 Å². The zero-order chi connectivity index (χ0) is 27.0. The fourth-order valence-corrected chi connectivity index (χ4v) is 6.54. The van der Waals surface area contributed by atoms with Gasteiger partial charge in [-0.25, -0.2) is 9.79 Å². The summed E-state index contributed by atoms with van der Waals surface area (Å²) in [4.78, 5) is 36.0. The quantitative estimate of drug-likeness (QED) is 0.327. The second-order valence-corrected chi connectivity index (χ2v) is 11.9. The highest BCUT2D eigenvalue weighted by Crippen LogP contribution is 2.32. The van der Waals surface area contributed by atoms with Gasteiger partial charge in [-0.15, -0.1) is 11.8 Å². The van der Waals surface area contributed by atoms with Crippen LogP contribution in [0, 0.1) is 6.92 Å². The number of carbonyl (C=O) groups is 1. The summed E-state index contributed by atoms with van der Waals surface area (Å²) in [6, 6.07) is 13.8. The van der Waals surface area contributed by atoms with E-state index in [2.05, 4.69) is 30.0 Å². The lowest BCUT2D eigenvalue weighted by Gasteiger charge is -2.25. The lowest BCUT2D eigenvalue weighted by molar-refractivity contribution is -0.143. The van der Waals surface area contributed by atoms with Crippen LogP contribution in [0.4, 0.5) is 5.69 Å². The number of allylic oxidation sites excluding steroid dienone is 1. The predicted molar refractivity (Wildman–Crippen MR) is 156 cm³/mol. The van der Waals surface area contributed by atoms with E-state index in [4.69, 9.17) is 9.73 Å². The number of benzene rings is 2. The summed E-state index contributed by atoms with van der Waals surface area (Å²) >= 11 is 3.01. The Bertz CT molecular complexity index is 1580. The third kappa shape index (κ3) is 5.12. The summed E-state index contributed by atoms with van der Waals surface area (Å²) < 4.78 is 7.85. The highest BCUT2D eigenvalue weighted by Gasteiger charge is 2.33. The Hall–Kier alpha value is -3.10. The number of rotatable bonds is 6. The Morgan fingerprint density at radius 3 is 2.47 bits per heavy atom. The molecule has 3 aromatic rings. The minimum atomic E-state index is -0.603. The van der Waals surface area contributed by atoms with Crippen LogP contribution in [0.15, 0.2) is 68.4 Å². The summed E-state index contributed by atoms with van der Waals surface area (Å²) in [5.74, 6) is -0.442. The molecule has 5 rings (SSSR count). The van der Waals surface area contributed by atoms with E-state index in [1.54, 1.807) is 16.3 Å². The molecule has 0 spiro atoms. The molecule has 0 saturated carbocycles. The molecule has 6 nitrogen and oxygen atoms in total. The van der Waals surface area contributed by atoms with Crippen molar-refractivity contribution in [2.45, 2.75) is 57.6 Å². The van der Waals surface area contributed by atoms with Crippen LogP contribution < -0.4 is 19.8 Å². The smallest absolute Gasteiger partial charge is 0.338 e. The van der Waals surface area contributed by atoms with E-state index in [9.17, 15) is 9.59 Å². The largest absolute Gasteiger partial charge is 0.459 e. The minimum absolute atomic E-state index is 0.155. The normalized spacial score (nSPS) is 17.7. The van der Waals surface area contributed by atoms with Gasteiger partial charge in [-0.05, 0) is 93.8 Å². The maximum Gasteiger partial charge on any atom is 0.338 e. The van der Waals surface area contributed by atoms with E-state index in [0.29, 0.717) is 20.6 Å². The van der Waals surface area contributed by atoms with Gasteiger partial charge in [-0.1, -0.05) is 29.5 Å². The monoisotopic (exact) mass is 547 g/mol. The van der Waals surface area contributed by atoms with Crippen LogP contribution in [0.5, 0.6) is 0 Å². The van der Waals surface area contributed by atoms with E-state index >= 15 is 0 Å². The van der Waals surface area contributed by atoms with Crippen LogP contribution in [0.3, 0.4) is 0 Å². The van der Waals surface area contributed by atoms with E-state index in [0.717, 1.165) is 34.7 Å². The number of nitrogens with zero attached hydrogens (tertiary/aromatic N) is 3. The average molecular weight is 548 g/mol. The summed E-state index contributed by atoms with van der Waals surface area (Å²) in [7, 11) is 0. The maximum absolute atomic E-state index is 13.9. The Morgan fingerprint density at radius 2 is 1.84 bits per heavy atom. The van der Waals surface area contributed by atoms with Gasteiger partial charge in [-0.2, -0.15) is 0 Å². The van der Waals surface area contributed by atoms with E-state index < -0.39 is 12.0 Å². The molecule has 0 amide bonds. The highest BCUT2D eigenvalue weighted by atomic mass is 32.2. The number of hydrogen-bond acceptors (Lipinski definition) is 7. The summed E-state index contributed by atoms with van der Waals surface area (Å²) in [5, 5.41) is 0. The molecule has 2 aromatic carbocycles. The number of ether oxygens (including phenoxy) is 1. The standard InChI is InChI=1S/C30H33N3O3S2/c1-18(2)36-29(35)26-20(4)31-30-33(27(26)21-9-12-24(37-5)13-10-21)28(34)25(38-30)17-22-8-11-23(16-19(22)3)32-14-6-7-15-32/h8-13,16-18,27H,6-7,14-15H2,1-5H3/b25-17-/t27-/m1/s1. The van der Waals surface area contributed by atoms with Crippen LogP contribution in [0.1, 0.15) is 56.3 Å². The topological polar surface area (TPSA) is 63.9 Å². The molecule has 0 N–H and O–H groups in total. The van der Waals surface area contributed by atoms with Gasteiger partial charge in [0.25, 0.3) is 5.56 Å². The highest BCUT2D eigenvalue weighted by molar-refractivity contribution is 7.98. The van der Waals surface area contributed by atoms with Gasteiger partial charge in [-0.3, -0.25) is 9.36 Å². The molecule has 8 heteroatoms. The first-order valence-corrected chi connectivity index (χ1v) is 15.0. The molecule has 1 fully saturated rings. The average Bonchev–Trinajstić information content (AvgIpc) is 3.53. The molecule has 198 valence electrons. The molecule has 3 heterocycles. The second-order valence-electron chi connectivity index (χ2n) is 10.0. The maximum atomic E-state index is 13.9. The summed E-state index contributed by atoms with van der Waals surface area (Å²) in [5.41, 5.74) is 5.05. The van der Waals surface area contributed by atoms with Crippen LogP contribution >= 0.6 is 23.1 Å². The zero-order valence-corrected chi connectivity index (χ0v) is 24.1. The van der Waals surface area contributed by atoms with Crippen LogP contribution in [-0.2, 0) is 9.53 Å². The molecule has 1 aromatic heterocycles. The molecular formula is C30H33N3O3S2. The van der Waals surface area contributed by atoms with Crippen molar-refractivity contribution < 1.29 is 9.53 Å². The fourth-order valence-electron chi connectivity index (χ4n) is 5.10. The molecule has 1 atom stereocenters. The second kappa shape index (κ2) is 10.9. The number of esters is 1. The number of thiazole rings is 1. The molecule has 2 aliphatic heterocycles. The number of thioether (sulfide) groups is 1. The van der Waals surface area contributed by atoms with Gasteiger partial charge >= 0.3 is 5.97 Å². The van der Waals surface area contributed by atoms with E-state index in [1.807, 2.05) is 57.4 Å². The Morgan fingerprint density at radius 1 is 1.13 bits per heavy atom. The first-order chi connectivity index (χ1) is 18.3. The first kappa shape index (κ1) is 26.5. The zero-order valence-electron chi connectivity index (χ0n) is 22.5. The number of aryl methyl sites for hydroxylation is 1. The van der Waals surface area contributed by atoms with Crippen molar-refractivity contribution in [1.29, 1.82) is 0 Å². The Balaban J connectivity index is 1.63. The summed E-state index contributed by atoms with van der Waals surface area (Å²) in [6.07, 6.45) is 6.16. The third-order valence-electron chi connectivity index (χ3n) is 7.03. The fraction of sp³-hybridized carbons (Fsp3) is 0.367. The SMILES string of the molecule is CSc1ccc([C@@H]2C(C(=O)OC(C)C)=C(C)N=c3s/c(=C\c4ccc(N5CCCC5)cc4C)c(=O)n32)cc1. The van der Waals surface area contributed by atoms with Gasteiger partial charge < -0.3 is 9.64 Å². The van der Waals surface area contributed by atoms with Crippen molar-refractivity contribution in [1.82, 2.24) is 4.57 Å². The molecule has 38 heavy (non-hydrogen) atoms. The van der Waals surface area contributed by atoms with Crippen molar-refractivity contribution in [3.8, 4) is 0 Å². The van der Waals surface area contributed by atoms with E-state index in [-0.39, 0.29) is 11.7 Å². The van der Waals surface area contributed by atoms with Gasteiger partial charge in [0, 0.05) is 23.7 Å². The minimum Gasteiger partial charge on any atom is -0.459 e. The van der Waals surface area contributed by atoms with Crippen LogP contribution in [-0.4, -0.2) is 36.0 Å². The van der Waals surface area contributed by atoms with Gasteiger partial charge in [0.15, 0.2) is 4.80 Å². The molecule has 2 aliphatic rings. The molecule has 0 aliphatic carbocycles. The number of hydrogen-bond donors (Lipinski definition) is 0. The Labute approximate surface area is 231 Å². The van der Waals surface area contributed by atoms with Crippen molar-refractivity contribution >= 4 is 40.8 Å². The van der Waals surface area contributed by atoms with Gasteiger partial charge in [0.2, 0.25) is 0 Å². The first-order valence-electron chi connectivity index (χ1n) is 13.0. The molecule has 0 unspecified atom stereocenters. The molecule has 1 saturated heterocycles. The van der Waals surface area contributed by atoms with Crippen molar-refractivity contribution in [3.05, 3.63) is 90.1 Å². The van der Waals surface area contributed by atoms with Gasteiger partial charge in [0.1, 0.15) is 0 Å². The Kier molecular flexibility index (Phi) is 7.63. The number of aromatic nitrogens is 1. The number of carbonyl (C=O) groups excluding carboxylic acids is 1. The predicted octanol–water partition coefficient (Wildman–Crippen LogP) is 4.82. The van der Waals surface area contributed by atoms with Crippen LogP contribution in [0.25, 0.3) is 6.08 Å². The van der Waals surface area contributed by atoms with Crippen molar-refractivity contribution in [2.24, 2.45) is 4.99 Å². The molecular weight excluding hydrogens is 514 g/mol. The lowest BCUT2D eigenvalue weighted by Crippen LogP contribution is -2.40. The molecule has 0 bridgehead atoms. The van der Waals surface area contributed by atoms with Crippen LogP contribution in [0.2, 0.25) is 0 Å². The number of anilines is 1. The molecule has 0 radical (unpaired) electrons. The lowest BCUT2D eigenvalue weighted by atomic mass is 9.96. The van der Waals surface area contributed by atoms with E-state index in [1.165, 1.54) is 29.9 Å². The van der Waals surface area contributed by atoms with Gasteiger partial charge in [0.05, 0.1) is 27.9 Å². The summed E-state index contributed by atoms with van der Waals surface area (Å²) in [6.45, 7) is 9.74. The van der Waals surface area contributed by atoms with Crippen molar-refractivity contribution in [2.75, 3.05) is 24.2 Å².